The summed E-state index contributed by atoms with van der Waals surface area (Å²) in [5.74, 6) is -0.0638. The third kappa shape index (κ3) is 4.74. The zero-order valence-corrected chi connectivity index (χ0v) is 18.0. The van der Waals surface area contributed by atoms with Crippen molar-refractivity contribution >= 4 is 17.5 Å². The average Bonchev–Trinajstić information content (AvgIpc) is 3.22. The number of rotatable bonds is 6. The second kappa shape index (κ2) is 9.45. The lowest BCUT2D eigenvalue weighted by atomic mass is 10.0. The van der Waals surface area contributed by atoms with Crippen LogP contribution >= 0.6 is 11.6 Å². The van der Waals surface area contributed by atoms with Crippen molar-refractivity contribution in [1.29, 1.82) is 0 Å². The van der Waals surface area contributed by atoms with Gasteiger partial charge in [0.05, 0.1) is 30.9 Å². The maximum Gasteiger partial charge on any atom is 0.255 e. The van der Waals surface area contributed by atoms with E-state index in [0.717, 1.165) is 37.2 Å². The number of likely N-dealkylation sites (tertiary alicyclic amines) is 1. The third-order valence-corrected chi connectivity index (χ3v) is 5.98. The number of nitrogens with zero attached hydrogens (tertiary/aromatic N) is 2. The molecular formula is C24H28ClN4O+. The van der Waals surface area contributed by atoms with Crippen LogP contribution in [0, 0.1) is 0 Å². The summed E-state index contributed by atoms with van der Waals surface area (Å²) in [6.07, 6.45) is 5.07. The molecule has 0 aliphatic carbocycles. The van der Waals surface area contributed by atoms with Crippen molar-refractivity contribution < 1.29 is 9.69 Å². The van der Waals surface area contributed by atoms with Gasteiger partial charge in [0.25, 0.3) is 5.91 Å². The summed E-state index contributed by atoms with van der Waals surface area (Å²) in [6.45, 7) is 5.67. The van der Waals surface area contributed by atoms with Gasteiger partial charge in [-0.1, -0.05) is 48.9 Å². The summed E-state index contributed by atoms with van der Waals surface area (Å²) in [5, 5.41) is 8.65. The van der Waals surface area contributed by atoms with Crippen molar-refractivity contribution in [2.24, 2.45) is 0 Å². The molecule has 1 aromatic heterocycles. The first-order valence-corrected chi connectivity index (χ1v) is 11.1. The predicted molar refractivity (Wildman–Crippen MR) is 120 cm³/mol. The van der Waals surface area contributed by atoms with Crippen molar-refractivity contribution in [3.8, 4) is 16.9 Å². The van der Waals surface area contributed by atoms with Gasteiger partial charge in [0, 0.05) is 35.7 Å². The van der Waals surface area contributed by atoms with E-state index in [1.165, 1.54) is 13.0 Å². The second-order valence-corrected chi connectivity index (χ2v) is 8.36. The summed E-state index contributed by atoms with van der Waals surface area (Å²) in [7, 11) is 0. The number of piperidine rings is 1. The standard InChI is InChI=1S/C24H27ClN4O/c1-2-14-28-15-12-20(13-16-28)26-24(30)22-17-29(21-6-4-3-5-7-21)27-23(22)18-8-10-19(25)11-9-18/h3-11,17,20H,2,12-16H2,1H3,(H,26,30)/p+1. The van der Waals surface area contributed by atoms with E-state index in [1.54, 1.807) is 9.58 Å². The first-order chi connectivity index (χ1) is 14.6. The molecule has 2 heterocycles. The summed E-state index contributed by atoms with van der Waals surface area (Å²) >= 11 is 6.06. The third-order valence-electron chi connectivity index (χ3n) is 5.73. The molecule has 30 heavy (non-hydrogen) atoms. The lowest BCUT2D eigenvalue weighted by molar-refractivity contribution is -0.905. The fourth-order valence-electron chi connectivity index (χ4n) is 4.11. The molecule has 6 heteroatoms. The summed E-state index contributed by atoms with van der Waals surface area (Å²) in [6, 6.07) is 17.5. The first kappa shape index (κ1) is 20.6. The monoisotopic (exact) mass is 423 g/mol. The Hall–Kier alpha value is -2.63. The van der Waals surface area contributed by atoms with Crippen LogP contribution in [0.15, 0.2) is 60.8 Å². The number of amides is 1. The van der Waals surface area contributed by atoms with Gasteiger partial charge in [-0.25, -0.2) is 4.68 Å². The van der Waals surface area contributed by atoms with Gasteiger partial charge in [-0.2, -0.15) is 5.10 Å². The number of halogens is 1. The molecule has 1 fully saturated rings. The van der Waals surface area contributed by atoms with Crippen LogP contribution in [0.25, 0.3) is 16.9 Å². The quantitative estimate of drug-likeness (QED) is 0.638. The van der Waals surface area contributed by atoms with E-state index < -0.39 is 0 Å². The Morgan fingerprint density at radius 1 is 1.13 bits per heavy atom. The van der Waals surface area contributed by atoms with Crippen LogP contribution in [0.3, 0.4) is 0 Å². The minimum absolute atomic E-state index is 0.0638. The maximum absolute atomic E-state index is 13.2. The van der Waals surface area contributed by atoms with E-state index in [0.29, 0.717) is 16.3 Å². The van der Waals surface area contributed by atoms with Crippen LogP contribution in [-0.2, 0) is 0 Å². The van der Waals surface area contributed by atoms with Crippen LogP contribution in [0.4, 0.5) is 0 Å². The van der Waals surface area contributed by atoms with Crippen LogP contribution in [0.5, 0.6) is 0 Å². The van der Waals surface area contributed by atoms with E-state index in [1.807, 2.05) is 60.8 Å². The zero-order valence-electron chi connectivity index (χ0n) is 17.3. The Morgan fingerprint density at radius 2 is 1.83 bits per heavy atom. The van der Waals surface area contributed by atoms with E-state index >= 15 is 0 Å². The highest BCUT2D eigenvalue weighted by molar-refractivity contribution is 6.30. The number of benzene rings is 2. The summed E-state index contributed by atoms with van der Waals surface area (Å²) < 4.78 is 1.77. The Kier molecular flexibility index (Phi) is 6.50. The number of hydrogen-bond donors (Lipinski definition) is 2. The van der Waals surface area contributed by atoms with Crippen LogP contribution in [-0.4, -0.2) is 41.4 Å². The SMILES string of the molecule is CCC[NH+]1CCC(NC(=O)c2cn(-c3ccccc3)nc2-c2ccc(Cl)cc2)CC1. The van der Waals surface area contributed by atoms with Crippen molar-refractivity contribution in [3.63, 3.8) is 0 Å². The Bertz CT molecular complexity index is 976. The van der Waals surface area contributed by atoms with E-state index in [4.69, 9.17) is 16.7 Å². The van der Waals surface area contributed by atoms with E-state index in [2.05, 4.69) is 12.2 Å². The van der Waals surface area contributed by atoms with Gasteiger partial charge in [-0.05, 0) is 30.7 Å². The predicted octanol–water partition coefficient (Wildman–Crippen LogP) is 3.38. The molecule has 2 N–H and O–H groups in total. The Morgan fingerprint density at radius 3 is 2.50 bits per heavy atom. The summed E-state index contributed by atoms with van der Waals surface area (Å²) in [5.41, 5.74) is 3.05. The van der Waals surface area contributed by atoms with E-state index in [9.17, 15) is 4.79 Å². The molecule has 0 bridgehead atoms. The topological polar surface area (TPSA) is 51.4 Å². The smallest absolute Gasteiger partial charge is 0.255 e. The molecule has 0 saturated carbocycles. The number of quaternary nitrogens is 1. The van der Waals surface area contributed by atoms with E-state index in [-0.39, 0.29) is 11.9 Å². The van der Waals surface area contributed by atoms with Crippen LogP contribution in [0.2, 0.25) is 5.02 Å². The van der Waals surface area contributed by atoms with Crippen LogP contribution < -0.4 is 10.2 Å². The van der Waals surface area contributed by atoms with Gasteiger partial charge >= 0.3 is 0 Å². The van der Waals surface area contributed by atoms with Crippen molar-refractivity contribution in [2.75, 3.05) is 19.6 Å². The zero-order chi connectivity index (χ0) is 20.9. The molecule has 156 valence electrons. The van der Waals surface area contributed by atoms with Gasteiger partial charge < -0.3 is 10.2 Å². The molecule has 5 nitrogen and oxygen atoms in total. The molecule has 0 radical (unpaired) electrons. The maximum atomic E-state index is 13.2. The molecule has 0 unspecified atom stereocenters. The molecule has 1 amide bonds. The van der Waals surface area contributed by atoms with Crippen LogP contribution in [0.1, 0.15) is 36.5 Å². The molecule has 1 aliphatic heterocycles. The molecule has 4 rings (SSSR count). The second-order valence-electron chi connectivity index (χ2n) is 7.93. The van der Waals surface area contributed by atoms with Gasteiger partial charge in [-0.15, -0.1) is 0 Å². The molecule has 2 aromatic carbocycles. The van der Waals surface area contributed by atoms with Crippen molar-refractivity contribution in [3.05, 3.63) is 71.4 Å². The highest BCUT2D eigenvalue weighted by Crippen LogP contribution is 2.25. The minimum atomic E-state index is -0.0638. The number of aromatic nitrogens is 2. The number of nitrogens with one attached hydrogen (secondary N) is 2. The Balaban J connectivity index is 1.58. The molecular weight excluding hydrogens is 396 g/mol. The largest absolute Gasteiger partial charge is 0.349 e. The number of carbonyl (C=O) groups excluding carboxylic acids is 1. The first-order valence-electron chi connectivity index (χ1n) is 10.7. The average molecular weight is 424 g/mol. The lowest BCUT2D eigenvalue weighted by Gasteiger charge is -2.29. The van der Waals surface area contributed by atoms with Crippen molar-refractivity contribution in [1.82, 2.24) is 15.1 Å². The molecule has 3 aromatic rings. The number of hydrogen-bond acceptors (Lipinski definition) is 2. The van der Waals surface area contributed by atoms with Crippen molar-refractivity contribution in [2.45, 2.75) is 32.2 Å². The number of para-hydroxylation sites is 1. The highest BCUT2D eigenvalue weighted by atomic mass is 35.5. The Labute approximate surface area is 182 Å². The van der Waals surface area contributed by atoms with Gasteiger partial charge in [-0.3, -0.25) is 4.79 Å². The summed E-state index contributed by atoms with van der Waals surface area (Å²) in [4.78, 5) is 14.9. The normalized spacial score (nSPS) is 18.9. The van der Waals surface area contributed by atoms with Gasteiger partial charge in [0.2, 0.25) is 0 Å². The molecule has 0 atom stereocenters. The van der Waals surface area contributed by atoms with Gasteiger partial charge in [0.1, 0.15) is 5.69 Å². The van der Waals surface area contributed by atoms with Gasteiger partial charge in [0.15, 0.2) is 0 Å². The highest BCUT2D eigenvalue weighted by Gasteiger charge is 2.25. The fraction of sp³-hybridized carbons (Fsp3) is 0.333. The molecule has 1 aliphatic rings. The lowest BCUT2D eigenvalue weighted by Crippen LogP contribution is -3.13. The molecule has 1 saturated heterocycles. The number of carbonyl (C=O) groups is 1. The minimum Gasteiger partial charge on any atom is -0.349 e. The molecule has 0 spiro atoms. The fourth-order valence-corrected chi connectivity index (χ4v) is 4.24.